The molecule has 0 aromatic heterocycles. The Morgan fingerprint density at radius 1 is 1.23 bits per heavy atom. The van der Waals surface area contributed by atoms with E-state index in [1.165, 1.54) is 6.92 Å². The van der Waals surface area contributed by atoms with Crippen LogP contribution in [0.2, 0.25) is 0 Å². The van der Waals surface area contributed by atoms with Crippen LogP contribution in [-0.4, -0.2) is 75.5 Å². The lowest BCUT2D eigenvalue weighted by Crippen LogP contribution is -2.44. The highest BCUT2D eigenvalue weighted by Crippen LogP contribution is 2.37. The van der Waals surface area contributed by atoms with E-state index in [1.54, 1.807) is 6.92 Å². The first kappa shape index (κ1) is 34.1. The van der Waals surface area contributed by atoms with E-state index >= 15 is 0 Å². The molecular weight excluding hydrogens is 518 g/mol. The number of aliphatic hydroxyl groups excluding tert-OH is 2. The summed E-state index contributed by atoms with van der Waals surface area (Å²) in [5.41, 5.74) is -0.572. The van der Waals surface area contributed by atoms with Gasteiger partial charge in [0.15, 0.2) is 0 Å². The Morgan fingerprint density at radius 2 is 1.90 bits per heavy atom. The monoisotopic (exact) mass is 567 g/mol. The molecule has 2 aliphatic heterocycles. The third kappa shape index (κ3) is 9.75. The van der Waals surface area contributed by atoms with E-state index in [4.69, 9.17) is 14.2 Å². The minimum atomic E-state index is -1.35. The van der Waals surface area contributed by atoms with Gasteiger partial charge in [-0.1, -0.05) is 51.1 Å². The van der Waals surface area contributed by atoms with Crippen LogP contribution >= 0.6 is 0 Å². The average molecular weight is 568 g/mol. The van der Waals surface area contributed by atoms with Crippen LogP contribution in [0.4, 0.5) is 0 Å². The summed E-state index contributed by atoms with van der Waals surface area (Å²) in [6.07, 6.45) is 3.49. The van der Waals surface area contributed by atoms with Gasteiger partial charge in [-0.05, 0) is 57.4 Å². The Labute approximate surface area is 238 Å². The first-order valence-electron chi connectivity index (χ1n) is 14.5. The maximum atomic E-state index is 12.6. The molecular formula is C30H49NO9. The second-order valence-electron chi connectivity index (χ2n) is 12.0. The van der Waals surface area contributed by atoms with E-state index in [9.17, 15) is 29.8 Å². The minimum absolute atomic E-state index is 0.0691. The number of hydrogen-bond acceptors (Lipinski definition) is 10. The van der Waals surface area contributed by atoms with Gasteiger partial charge in [-0.15, -0.1) is 0 Å². The van der Waals surface area contributed by atoms with Crippen molar-refractivity contribution >= 4 is 11.9 Å². The summed E-state index contributed by atoms with van der Waals surface area (Å²) >= 11 is 0. The van der Waals surface area contributed by atoms with E-state index < -0.39 is 42.0 Å². The Morgan fingerprint density at radius 3 is 2.50 bits per heavy atom. The van der Waals surface area contributed by atoms with Crippen molar-refractivity contribution in [3.63, 3.8) is 0 Å². The largest absolute Gasteiger partial charge is 0.460 e. The van der Waals surface area contributed by atoms with Crippen molar-refractivity contribution in [3.8, 4) is 0 Å². The van der Waals surface area contributed by atoms with Crippen molar-refractivity contribution in [2.75, 3.05) is 0 Å². The zero-order valence-corrected chi connectivity index (χ0v) is 25.0. The average Bonchev–Trinajstić information content (AvgIpc) is 3.68. The molecule has 11 atom stereocenters. The van der Waals surface area contributed by atoms with Gasteiger partial charge in [-0.25, -0.2) is 0 Å². The van der Waals surface area contributed by atoms with Crippen LogP contribution in [0.15, 0.2) is 29.0 Å². The quantitative estimate of drug-likeness (QED) is 0.154. The molecule has 2 saturated heterocycles. The number of epoxide rings is 1. The fourth-order valence-electron chi connectivity index (χ4n) is 5.51. The molecule has 0 bridgehead atoms. The van der Waals surface area contributed by atoms with Crippen LogP contribution in [0.3, 0.4) is 0 Å². The normalized spacial score (nSPS) is 35.5. The number of nitroso groups, excluding NO2 is 1. The van der Waals surface area contributed by atoms with Crippen LogP contribution in [0.1, 0.15) is 87.0 Å². The molecule has 40 heavy (non-hydrogen) atoms. The highest BCUT2D eigenvalue weighted by Gasteiger charge is 2.50. The molecule has 0 amide bonds. The van der Waals surface area contributed by atoms with Crippen molar-refractivity contribution in [2.24, 2.45) is 22.9 Å². The van der Waals surface area contributed by atoms with Crippen LogP contribution < -0.4 is 0 Å². The number of allylic oxidation sites excluding steroid dienone is 2. The van der Waals surface area contributed by atoms with Gasteiger partial charge in [0, 0.05) is 18.8 Å². The summed E-state index contributed by atoms with van der Waals surface area (Å²) in [4.78, 5) is 35.4. The predicted molar refractivity (Wildman–Crippen MR) is 150 cm³/mol. The Hall–Kier alpha value is -2.14. The van der Waals surface area contributed by atoms with Gasteiger partial charge in [0.25, 0.3) is 0 Å². The highest BCUT2D eigenvalue weighted by molar-refractivity contribution is 5.70. The zero-order chi connectivity index (χ0) is 30.2. The Bertz CT molecular complexity index is 917. The van der Waals surface area contributed by atoms with Gasteiger partial charge in [-0.2, -0.15) is 4.91 Å². The fourth-order valence-corrected chi connectivity index (χ4v) is 5.51. The molecule has 10 nitrogen and oxygen atoms in total. The zero-order valence-electron chi connectivity index (χ0n) is 25.0. The van der Waals surface area contributed by atoms with E-state index in [0.29, 0.717) is 19.3 Å². The molecule has 0 radical (unpaired) electrons. The lowest BCUT2D eigenvalue weighted by atomic mass is 9.84. The van der Waals surface area contributed by atoms with Crippen molar-refractivity contribution < 1.29 is 39.1 Å². The first-order chi connectivity index (χ1) is 18.7. The standard InChI is InChI=1S/C30H49NO9/c1-8-23(31-37)20(5)28-29(40-28)26(35)17(2)10-9-11-18(3)27-19(4)12-13-24(38-21(6)32)30(7,36)15-14-22(33)16-25(34)39-27/h9-11,17,19-20,22-24,26-29,33,35-36H,8,12-16H2,1-7H3/b10-9+,18-11+. The summed E-state index contributed by atoms with van der Waals surface area (Å²) < 4.78 is 16.9. The first-order valence-corrected chi connectivity index (χ1v) is 14.5. The SMILES string of the molecule is CCC(N=O)C(C)C1OC1C(O)C(C)/C=C/C=C(\C)C1OC(=O)CC(O)CCC(C)(O)C(OC(C)=O)CCC1C. The molecule has 2 aliphatic rings. The van der Waals surface area contributed by atoms with Gasteiger partial charge in [0.05, 0.1) is 36.4 Å². The summed E-state index contributed by atoms with van der Waals surface area (Å²) in [5.74, 6) is -1.48. The lowest BCUT2D eigenvalue weighted by molar-refractivity contribution is -0.165. The smallest absolute Gasteiger partial charge is 0.309 e. The molecule has 0 saturated carbocycles. The van der Waals surface area contributed by atoms with Gasteiger partial charge < -0.3 is 29.5 Å². The van der Waals surface area contributed by atoms with Crippen LogP contribution in [0.25, 0.3) is 0 Å². The second-order valence-corrected chi connectivity index (χ2v) is 12.0. The number of nitrogens with zero attached hydrogens (tertiary/aromatic N) is 1. The Kier molecular flexibility index (Phi) is 12.9. The van der Waals surface area contributed by atoms with Crippen molar-refractivity contribution in [3.05, 3.63) is 28.7 Å². The molecule has 0 aromatic rings. The summed E-state index contributed by atoms with van der Waals surface area (Å²) in [6.45, 7) is 12.4. The molecule has 10 heteroatoms. The second kappa shape index (κ2) is 15.2. The maximum Gasteiger partial charge on any atom is 0.309 e. The van der Waals surface area contributed by atoms with E-state index in [1.807, 2.05) is 52.8 Å². The number of rotatable bonds is 10. The van der Waals surface area contributed by atoms with E-state index in [2.05, 4.69) is 5.18 Å². The molecule has 0 aromatic carbocycles. The summed E-state index contributed by atoms with van der Waals surface area (Å²) in [5, 5.41) is 35.3. The van der Waals surface area contributed by atoms with E-state index in [0.717, 1.165) is 5.57 Å². The van der Waals surface area contributed by atoms with Gasteiger partial charge >= 0.3 is 11.9 Å². The number of carbonyl (C=O) groups is 2. The lowest BCUT2D eigenvalue weighted by Gasteiger charge is -2.35. The van der Waals surface area contributed by atoms with Crippen LogP contribution in [0.5, 0.6) is 0 Å². The van der Waals surface area contributed by atoms with E-state index in [-0.39, 0.29) is 55.3 Å². The molecule has 2 fully saturated rings. The van der Waals surface area contributed by atoms with Gasteiger partial charge in [0.2, 0.25) is 0 Å². The molecule has 228 valence electrons. The molecule has 3 N–H and O–H groups in total. The Balaban J connectivity index is 2.12. The van der Waals surface area contributed by atoms with Crippen LogP contribution in [-0.2, 0) is 23.8 Å². The number of carbonyl (C=O) groups excluding carboxylic acids is 2. The third-order valence-corrected chi connectivity index (χ3v) is 8.39. The number of aliphatic hydroxyl groups is 3. The molecule has 0 aliphatic carbocycles. The molecule has 0 spiro atoms. The van der Waals surface area contributed by atoms with Crippen LogP contribution in [0, 0.1) is 22.7 Å². The predicted octanol–water partition coefficient (Wildman–Crippen LogP) is 3.99. The third-order valence-electron chi connectivity index (χ3n) is 8.39. The minimum Gasteiger partial charge on any atom is -0.460 e. The van der Waals surface area contributed by atoms with Crippen molar-refractivity contribution in [1.82, 2.24) is 0 Å². The molecule has 2 rings (SSSR count). The summed E-state index contributed by atoms with van der Waals surface area (Å²) in [6, 6.07) is -0.342. The fraction of sp³-hybridized carbons (Fsp3) is 0.800. The molecule has 11 unspecified atom stereocenters. The van der Waals surface area contributed by atoms with Crippen molar-refractivity contribution in [2.45, 2.75) is 135 Å². The van der Waals surface area contributed by atoms with Crippen molar-refractivity contribution in [1.29, 1.82) is 0 Å². The topological polar surface area (TPSA) is 155 Å². The van der Waals surface area contributed by atoms with Gasteiger partial charge in [-0.3, -0.25) is 9.59 Å². The number of esters is 2. The highest BCUT2D eigenvalue weighted by atomic mass is 16.6. The number of cyclic esters (lactones) is 1. The van der Waals surface area contributed by atoms with Gasteiger partial charge in [0.1, 0.15) is 18.3 Å². The molecule has 2 heterocycles. The number of hydrogen-bond donors (Lipinski definition) is 3. The maximum absolute atomic E-state index is 12.6. The summed E-state index contributed by atoms with van der Waals surface area (Å²) in [7, 11) is 0. The number of ether oxygens (including phenoxy) is 3.